The Hall–Kier alpha value is -0.0800. The molecule has 0 aromatic carbocycles. The quantitative estimate of drug-likeness (QED) is 0.864. The summed E-state index contributed by atoms with van der Waals surface area (Å²) in [4.78, 5) is 14.0. The second-order valence-electron chi connectivity index (χ2n) is 3.16. The fraction of sp³-hybridized carbons (Fsp3) is 0.375. The third-order valence-corrected chi connectivity index (χ3v) is 5.38. The van der Waals surface area contributed by atoms with E-state index in [1.165, 1.54) is 0 Å². The number of amides is 1. The van der Waals surface area contributed by atoms with Gasteiger partial charge in [-0.05, 0) is 11.5 Å². The molecule has 4 nitrogen and oxygen atoms in total. The Balaban J connectivity index is 1.93. The molecule has 17 heavy (non-hydrogen) atoms. The van der Waals surface area contributed by atoms with Gasteiger partial charge in [-0.15, -0.1) is 0 Å². The minimum Gasteiger partial charge on any atom is -0.339 e. The number of nitrogens with zero attached hydrogens (tertiary/aromatic N) is 2. The van der Waals surface area contributed by atoms with Crippen molar-refractivity contribution in [3.63, 3.8) is 0 Å². The molecule has 2 heterocycles. The number of hydrogen-bond donors (Lipinski definition) is 1. The van der Waals surface area contributed by atoms with Crippen LogP contribution in [0.4, 0.5) is 0 Å². The van der Waals surface area contributed by atoms with Crippen LogP contribution in [0.3, 0.4) is 0 Å². The number of aromatic nitrogens is 1. The van der Waals surface area contributed by atoms with E-state index in [0.717, 1.165) is 28.2 Å². The highest BCUT2D eigenvalue weighted by Crippen LogP contribution is 2.28. The molecule has 0 saturated carbocycles. The molecule has 1 N–H and O–H groups in total. The number of hydrogen-bond acceptors (Lipinski definition) is 5. The van der Waals surface area contributed by atoms with Crippen LogP contribution in [-0.4, -0.2) is 38.5 Å². The van der Waals surface area contributed by atoms with Crippen molar-refractivity contribution in [1.82, 2.24) is 14.6 Å². The van der Waals surface area contributed by atoms with E-state index in [1.54, 1.807) is 11.8 Å². The van der Waals surface area contributed by atoms with Gasteiger partial charge in [0, 0.05) is 12.3 Å². The zero-order valence-electron chi connectivity index (χ0n) is 8.40. The van der Waals surface area contributed by atoms with Gasteiger partial charge in [0.1, 0.15) is 14.2 Å². The molecular weight excluding hydrogens is 321 g/mol. The SMILES string of the molecule is O=C(NCN1CCSC1=S)c1snc(Cl)c1Cl. The normalized spacial score (nSPS) is 15.4. The van der Waals surface area contributed by atoms with Crippen LogP contribution >= 0.6 is 58.7 Å². The molecule has 0 aliphatic carbocycles. The van der Waals surface area contributed by atoms with Crippen molar-refractivity contribution in [2.75, 3.05) is 19.0 Å². The van der Waals surface area contributed by atoms with Crippen LogP contribution in [0.2, 0.25) is 10.2 Å². The summed E-state index contributed by atoms with van der Waals surface area (Å²) in [7, 11) is 0. The standard InChI is InChI=1S/C8H7Cl2N3OS3/c9-4-5(17-12-6(4)10)7(14)11-3-13-1-2-16-8(13)15/h1-3H2,(H,11,14). The molecule has 0 spiro atoms. The summed E-state index contributed by atoms with van der Waals surface area (Å²) in [5.74, 6) is 0.682. The maximum atomic E-state index is 11.8. The van der Waals surface area contributed by atoms with Crippen molar-refractivity contribution in [3.05, 3.63) is 15.1 Å². The van der Waals surface area contributed by atoms with E-state index < -0.39 is 0 Å². The molecule has 0 radical (unpaired) electrons. The lowest BCUT2D eigenvalue weighted by Gasteiger charge is -2.16. The van der Waals surface area contributed by atoms with Crippen LogP contribution in [0.5, 0.6) is 0 Å². The largest absolute Gasteiger partial charge is 0.339 e. The minimum atomic E-state index is -0.279. The van der Waals surface area contributed by atoms with Crippen molar-refractivity contribution < 1.29 is 4.79 Å². The Kier molecular flexibility index (Phi) is 4.48. The molecule has 1 aromatic rings. The maximum absolute atomic E-state index is 11.8. The molecule has 1 fully saturated rings. The van der Waals surface area contributed by atoms with Gasteiger partial charge in [0.2, 0.25) is 0 Å². The number of thiocarbonyl (C=S) groups is 1. The molecule has 0 atom stereocenters. The van der Waals surface area contributed by atoms with Crippen LogP contribution in [0, 0.1) is 0 Å². The van der Waals surface area contributed by atoms with E-state index in [9.17, 15) is 4.79 Å². The zero-order valence-corrected chi connectivity index (χ0v) is 12.4. The first kappa shape index (κ1) is 13.4. The number of thioether (sulfide) groups is 1. The van der Waals surface area contributed by atoms with E-state index in [-0.39, 0.29) is 16.1 Å². The summed E-state index contributed by atoms with van der Waals surface area (Å²) in [6, 6.07) is 0. The van der Waals surface area contributed by atoms with Crippen molar-refractivity contribution in [2.24, 2.45) is 0 Å². The average molecular weight is 328 g/mol. The summed E-state index contributed by atoms with van der Waals surface area (Å²) < 4.78 is 4.61. The van der Waals surface area contributed by atoms with Gasteiger partial charge in [-0.25, -0.2) is 0 Å². The fourth-order valence-corrected chi connectivity index (χ4v) is 3.58. The first-order valence-corrected chi connectivity index (χ1v) is 7.52. The summed E-state index contributed by atoms with van der Waals surface area (Å²) in [6.45, 7) is 1.23. The summed E-state index contributed by atoms with van der Waals surface area (Å²) in [5, 5.41) is 3.10. The van der Waals surface area contributed by atoms with Gasteiger partial charge in [0.15, 0.2) is 5.15 Å². The zero-order chi connectivity index (χ0) is 12.4. The molecule has 1 aliphatic heterocycles. The molecule has 0 bridgehead atoms. The first-order valence-electron chi connectivity index (χ1n) is 4.60. The minimum absolute atomic E-state index is 0.161. The topological polar surface area (TPSA) is 45.2 Å². The Bertz CT molecular complexity index is 465. The van der Waals surface area contributed by atoms with E-state index in [0.29, 0.717) is 11.5 Å². The highest BCUT2D eigenvalue weighted by Gasteiger charge is 2.20. The number of halogens is 2. The predicted octanol–water partition coefficient (Wildman–Crippen LogP) is 2.47. The molecule has 92 valence electrons. The molecule has 1 saturated heterocycles. The summed E-state index contributed by atoms with van der Waals surface area (Å²) >= 11 is 19.2. The lowest BCUT2D eigenvalue weighted by Crippen LogP contribution is -2.37. The highest BCUT2D eigenvalue weighted by atomic mass is 35.5. The first-order chi connectivity index (χ1) is 8.09. The van der Waals surface area contributed by atoms with Gasteiger partial charge in [0.25, 0.3) is 5.91 Å². The molecule has 0 unspecified atom stereocenters. The second kappa shape index (κ2) is 5.71. The van der Waals surface area contributed by atoms with Crippen LogP contribution in [-0.2, 0) is 0 Å². The van der Waals surface area contributed by atoms with Gasteiger partial charge in [-0.1, -0.05) is 47.2 Å². The monoisotopic (exact) mass is 327 g/mol. The van der Waals surface area contributed by atoms with E-state index >= 15 is 0 Å². The highest BCUT2D eigenvalue weighted by molar-refractivity contribution is 8.23. The smallest absolute Gasteiger partial charge is 0.265 e. The number of rotatable bonds is 3. The summed E-state index contributed by atoms with van der Waals surface area (Å²) in [6.07, 6.45) is 0. The molecule has 2 rings (SSSR count). The van der Waals surface area contributed by atoms with Crippen LogP contribution < -0.4 is 5.32 Å². The Morgan fingerprint density at radius 1 is 1.59 bits per heavy atom. The molecule has 1 aromatic heterocycles. The van der Waals surface area contributed by atoms with E-state index in [1.807, 2.05) is 4.90 Å². The maximum Gasteiger partial charge on any atom is 0.265 e. The average Bonchev–Trinajstić information content (AvgIpc) is 2.84. The lowest BCUT2D eigenvalue weighted by atomic mass is 10.4. The number of nitrogens with one attached hydrogen (secondary N) is 1. The van der Waals surface area contributed by atoms with Crippen molar-refractivity contribution >= 4 is 68.9 Å². The van der Waals surface area contributed by atoms with Crippen molar-refractivity contribution in [2.45, 2.75) is 0 Å². The molecule has 1 aliphatic rings. The molecular formula is C8H7Cl2N3OS3. The van der Waals surface area contributed by atoms with Crippen LogP contribution in [0.15, 0.2) is 0 Å². The van der Waals surface area contributed by atoms with Crippen LogP contribution in [0.1, 0.15) is 9.67 Å². The van der Waals surface area contributed by atoms with Gasteiger partial charge in [-0.2, -0.15) is 4.37 Å². The third kappa shape index (κ3) is 3.03. The lowest BCUT2D eigenvalue weighted by molar-refractivity contribution is 0.0944. The molecule has 1 amide bonds. The Morgan fingerprint density at radius 3 is 2.88 bits per heavy atom. The van der Waals surface area contributed by atoms with E-state index in [2.05, 4.69) is 9.69 Å². The second-order valence-corrected chi connectivity index (χ2v) is 6.40. The Morgan fingerprint density at radius 2 is 2.35 bits per heavy atom. The van der Waals surface area contributed by atoms with Crippen molar-refractivity contribution in [3.8, 4) is 0 Å². The van der Waals surface area contributed by atoms with Crippen molar-refractivity contribution in [1.29, 1.82) is 0 Å². The Labute approximate surface area is 122 Å². The number of carbonyl (C=O) groups is 1. The number of carbonyl (C=O) groups excluding carboxylic acids is 1. The fourth-order valence-electron chi connectivity index (χ4n) is 1.22. The predicted molar refractivity (Wildman–Crippen MR) is 76.2 cm³/mol. The van der Waals surface area contributed by atoms with Gasteiger partial charge in [0.05, 0.1) is 6.67 Å². The third-order valence-electron chi connectivity index (χ3n) is 2.08. The van der Waals surface area contributed by atoms with Gasteiger partial charge < -0.3 is 10.2 Å². The van der Waals surface area contributed by atoms with Gasteiger partial charge in [-0.3, -0.25) is 4.79 Å². The summed E-state index contributed by atoms with van der Waals surface area (Å²) in [5.41, 5.74) is 0. The van der Waals surface area contributed by atoms with E-state index in [4.69, 9.17) is 35.4 Å². The van der Waals surface area contributed by atoms with Gasteiger partial charge >= 0.3 is 0 Å². The molecule has 9 heteroatoms. The van der Waals surface area contributed by atoms with Crippen LogP contribution in [0.25, 0.3) is 0 Å².